The zero-order chi connectivity index (χ0) is 20.5. The highest BCUT2D eigenvalue weighted by molar-refractivity contribution is 7.99. The molecular formula is C22H21N5OS2. The van der Waals surface area contributed by atoms with Crippen molar-refractivity contribution < 1.29 is 4.79 Å². The minimum atomic E-state index is -0.0852. The number of carbonyl (C=O) groups is 1. The second kappa shape index (κ2) is 8.20. The summed E-state index contributed by atoms with van der Waals surface area (Å²) in [6.07, 6.45) is 2.32. The Morgan fingerprint density at radius 1 is 1.20 bits per heavy atom. The van der Waals surface area contributed by atoms with Gasteiger partial charge >= 0.3 is 0 Å². The Morgan fingerprint density at radius 3 is 2.83 bits per heavy atom. The molecular weight excluding hydrogens is 414 g/mol. The molecule has 2 aromatic carbocycles. The molecule has 1 aliphatic rings. The fourth-order valence-electron chi connectivity index (χ4n) is 3.34. The van der Waals surface area contributed by atoms with Crippen LogP contribution in [-0.4, -0.2) is 31.4 Å². The standard InChI is InChI=1S/C22H21N5OS2/c1-14-7-10-17-18(11-14)30-21(23-17)24-19(28)13-29-22-26-25-20(16-8-9-16)27(22)12-15-5-3-2-4-6-15/h2-7,10-11,16H,8-9,12-13H2,1H3,(H,23,24,28). The number of rotatable bonds is 7. The van der Waals surface area contributed by atoms with E-state index in [2.05, 4.69) is 50.2 Å². The lowest BCUT2D eigenvalue weighted by Gasteiger charge is -2.10. The normalized spacial score (nSPS) is 13.6. The number of anilines is 1. The van der Waals surface area contributed by atoms with E-state index in [1.165, 1.54) is 34.2 Å². The van der Waals surface area contributed by atoms with Crippen LogP contribution in [0.25, 0.3) is 10.2 Å². The van der Waals surface area contributed by atoms with Crippen LogP contribution >= 0.6 is 23.1 Å². The number of fused-ring (bicyclic) bond motifs is 1. The van der Waals surface area contributed by atoms with Crippen LogP contribution in [0.3, 0.4) is 0 Å². The van der Waals surface area contributed by atoms with Gasteiger partial charge in [-0.05, 0) is 43.0 Å². The number of thiazole rings is 1. The summed E-state index contributed by atoms with van der Waals surface area (Å²) >= 11 is 2.92. The van der Waals surface area contributed by atoms with Gasteiger partial charge in [-0.2, -0.15) is 0 Å². The van der Waals surface area contributed by atoms with Gasteiger partial charge in [-0.3, -0.25) is 4.79 Å². The first-order valence-electron chi connectivity index (χ1n) is 9.92. The average molecular weight is 436 g/mol. The van der Waals surface area contributed by atoms with E-state index in [1.54, 1.807) is 0 Å². The third-order valence-corrected chi connectivity index (χ3v) is 6.89. The lowest BCUT2D eigenvalue weighted by molar-refractivity contribution is -0.113. The molecule has 8 heteroatoms. The van der Waals surface area contributed by atoms with Crippen molar-refractivity contribution >= 4 is 44.4 Å². The quantitative estimate of drug-likeness (QED) is 0.420. The minimum absolute atomic E-state index is 0.0852. The van der Waals surface area contributed by atoms with Crippen LogP contribution < -0.4 is 5.32 Å². The maximum Gasteiger partial charge on any atom is 0.236 e. The van der Waals surface area contributed by atoms with E-state index >= 15 is 0 Å². The third-order valence-electron chi connectivity index (χ3n) is 4.99. The van der Waals surface area contributed by atoms with Crippen LogP contribution in [0, 0.1) is 6.92 Å². The van der Waals surface area contributed by atoms with E-state index in [0.29, 0.717) is 11.0 Å². The maximum absolute atomic E-state index is 12.5. The second-order valence-corrected chi connectivity index (χ2v) is 9.49. The maximum atomic E-state index is 12.5. The van der Waals surface area contributed by atoms with Gasteiger partial charge in [0.2, 0.25) is 5.91 Å². The number of nitrogens with one attached hydrogen (secondary N) is 1. The average Bonchev–Trinajstić information content (AvgIpc) is 3.39. The van der Waals surface area contributed by atoms with E-state index < -0.39 is 0 Å². The number of benzene rings is 2. The number of hydrogen-bond acceptors (Lipinski definition) is 6. The van der Waals surface area contributed by atoms with Crippen molar-refractivity contribution in [2.75, 3.05) is 11.1 Å². The fourth-order valence-corrected chi connectivity index (χ4v) is 5.06. The molecule has 4 aromatic rings. The predicted molar refractivity (Wildman–Crippen MR) is 121 cm³/mol. The molecule has 0 saturated heterocycles. The van der Waals surface area contributed by atoms with Crippen LogP contribution in [-0.2, 0) is 11.3 Å². The highest BCUT2D eigenvalue weighted by Crippen LogP contribution is 2.40. The van der Waals surface area contributed by atoms with Gasteiger partial charge in [-0.25, -0.2) is 4.98 Å². The molecule has 0 aliphatic heterocycles. The molecule has 1 saturated carbocycles. The van der Waals surface area contributed by atoms with Crippen molar-refractivity contribution in [2.45, 2.75) is 37.4 Å². The summed E-state index contributed by atoms with van der Waals surface area (Å²) in [5, 5.41) is 13.1. The molecule has 1 aliphatic carbocycles. The van der Waals surface area contributed by atoms with Gasteiger partial charge in [-0.15, -0.1) is 10.2 Å². The van der Waals surface area contributed by atoms with Gasteiger partial charge in [0.15, 0.2) is 10.3 Å². The molecule has 0 atom stereocenters. The highest BCUT2D eigenvalue weighted by atomic mass is 32.2. The monoisotopic (exact) mass is 435 g/mol. The molecule has 5 rings (SSSR count). The van der Waals surface area contributed by atoms with E-state index in [-0.39, 0.29) is 11.7 Å². The summed E-state index contributed by atoms with van der Waals surface area (Å²) in [5.41, 5.74) is 3.30. The molecule has 1 N–H and O–H groups in total. The molecule has 2 heterocycles. The summed E-state index contributed by atoms with van der Waals surface area (Å²) in [4.78, 5) is 17.0. The van der Waals surface area contributed by atoms with E-state index in [1.807, 2.05) is 30.3 Å². The van der Waals surface area contributed by atoms with Crippen molar-refractivity contribution in [3.63, 3.8) is 0 Å². The number of carbonyl (C=O) groups excluding carboxylic acids is 1. The molecule has 152 valence electrons. The van der Waals surface area contributed by atoms with Crippen molar-refractivity contribution in [2.24, 2.45) is 0 Å². The highest BCUT2D eigenvalue weighted by Gasteiger charge is 2.30. The summed E-state index contributed by atoms with van der Waals surface area (Å²) in [6, 6.07) is 16.4. The molecule has 0 spiro atoms. The summed E-state index contributed by atoms with van der Waals surface area (Å²) < 4.78 is 3.24. The van der Waals surface area contributed by atoms with E-state index in [4.69, 9.17) is 0 Å². The summed E-state index contributed by atoms with van der Waals surface area (Å²) in [7, 11) is 0. The van der Waals surface area contributed by atoms with Gasteiger partial charge < -0.3 is 9.88 Å². The predicted octanol–water partition coefficient (Wildman–Crippen LogP) is 4.85. The van der Waals surface area contributed by atoms with Crippen molar-refractivity contribution in [1.82, 2.24) is 19.7 Å². The van der Waals surface area contributed by atoms with Crippen LogP contribution in [0.2, 0.25) is 0 Å². The summed E-state index contributed by atoms with van der Waals surface area (Å²) in [5.74, 6) is 1.71. The third kappa shape index (κ3) is 4.24. The Bertz CT molecular complexity index is 1200. The second-order valence-electron chi connectivity index (χ2n) is 7.51. The zero-order valence-corrected chi connectivity index (χ0v) is 18.2. The fraction of sp³-hybridized carbons (Fsp3) is 0.273. The van der Waals surface area contributed by atoms with Crippen LogP contribution in [0.1, 0.15) is 35.7 Å². The first kappa shape index (κ1) is 19.3. The Hall–Kier alpha value is -2.71. The van der Waals surface area contributed by atoms with E-state index in [9.17, 15) is 4.79 Å². The molecule has 2 aromatic heterocycles. The van der Waals surface area contributed by atoms with Crippen LogP contribution in [0.15, 0.2) is 53.7 Å². The molecule has 0 unspecified atom stereocenters. The van der Waals surface area contributed by atoms with Gasteiger partial charge in [0.1, 0.15) is 5.82 Å². The zero-order valence-electron chi connectivity index (χ0n) is 16.5. The van der Waals surface area contributed by atoms with Crippen LogP contribution in [0.4, 0.5) is 5.13 Å². The lowest BCUT2D eigenvalue weighted by Crippen LogP contribution is -2.14. The largest absolute Gasteiger partial charge is 0.301 e. The Balaban J connectivity index is 1.27. The first-order valence-corrected chi connectivity index (χ1v) is 11.7. The molecule has 30 heavy (non-hydrogen) atoms. The molecule has 0 radical (unpaired) electrons. The Labute approximate surface area is 182 Å². The Kier molecular flexibility index (Phi) is 5.26. The minimum Gasteiger partial charge on any atom is -0.301 e. The van der Waals surface area contributed by atoms with Gasteiger partial charge in [0, 0.05) is 5.92 Å². The SMILES string of the molecule is Cc1ccc2nc(NC(=O)CSc3nnc(C4CC4)n3Cc3ccccc3)sc2c1. The lowest BCUT2D eigenvalue weighted by atomic mass is 10.2. The van der Waals surface area contributed by atoms with Gasteiger partial charge in [0.05, 0.1) is 22.5 Å². The van der Waals surface area contributed by atoms with Crippen LogP contribution in [0.5, 0.6) is 0 Å². The van der Waals surface area contributed by atoms with Gasteiger partial charge in [-0.1, -0.05) is 59.5 Å². The first-order chi connectivity index (χ1) is 14.7. The van der Waals surface area contributed by atoms with Gasteiger partial charge in [0.25, 0.3) is 0 Å². The van der Waals surface area contributed by atoms with Crippen molar-refractivity contribution in [3.8, 4) is 0 Å². The topological polar surface area (TPSA) is 72.7 Å². The van der Waals surface area contributed by atoms with E-state index in [0.717, 1.165) is 40.6 Å². The van der Waals surface area contributed by atoms with Crippen molar-refractivity contribution in [1.29, 1.82) is 0 Å². The number of amides is 1. The Morgan fingerprint density at radius 2 is 2.03 bits per heavy atom. The number of aromatic nitrogens is 4. The number of aryl methyl sites for hydroxylation is 1. The number of nitrogens with zero attached hydrogens (tertiary/aromatic N) is 4. The van der Waals surface area contributed by atoms with Crippen molar-refractivity contribution in [3.05, 3.63) is 65.5 Å². The summed E-state index contributed by atoms with van der Waals surface area (Å²) in [6.45, 7) is 2.77. The molecule has 1 amide bonds. The molecule has 6 nitrogen and oxygen atoms in total. The number of hydrogen-bond donors (Lipinski definition) is 1. The molecule has 1 fully saturated rings. The smallest absolute Gasteiger partial charge is 0.236 e. The molecule has 0 bridgehead atoms. The number of thioether (sulfide) groups is 1.